The molecule has 1 aliphatic rings. The fourth-order valence-electron chi connectivity index (χ4n) is 2.26. The highest BCUT2D eigenvalue weighted by molar-refractivity contribution is 6.03. The molecule has 0 fully saturated rings. The van der Waals surface area contributed by atoms with E-state index in [1.54, 1.807) is 6.20 Å². The molecule has 1 aliphatic heterocycles. The summed E-state index contributed by atoms with van der Waals surface area (Å²) in [5.74, 6) is 2.23. The molecule has 2 heterocycles. The van der Waals surface area contributed by atoms with Gasteiger partial charge in [-0.3, -0.25) is 0 Å². The highest BCUT2D eigenvalue weighted by Crippen LogP contribution is 2.32. The van der Waals surface area contributed by atoms with Crippen molar-refractivity contribution in [2.24, 2.45) is 4.99 Å². The number of benzene rings is 1. The predicted molar refractivity (Wildman–Crippen MR) is 85.3 cm³/mol. The minimum Gasteiger partial charge on any atom is -0.480 e. The van der Waals surface area contributed by atoms with E-state index >= 15 is 0 Å². The van der Waals surface area contributed by atoms with Crippen molar-refractivity contribution in [3.05, 3.63) is 42.1 Å². The molecule has 0 amide bonds. The average molecular weight is 282 g/mol. The molecular weight excluding hydrogens is 264 g/mol. The molecule has 3 rings (SSSR count). The van der Waals surface area contributed by atoms with E-state index in [9.17, 15) is 0 Å². The van der Waals surface area contributed by atoms with Gasteiger partial charge in [-0.2, -0.15) is 0 Å². The zero-order chi connectivity index (χ0) is 14.8. The minimum absolute atomic E-state index is 0.108. The van der Waals surface area contributed by atoms with E-state index in [0.717, 1.165) is 29.3 Å². The third-order valence-corrected chi connectivity index (χ3v) is 3.35. The summed E-state index contributed by atoms with van der Waals surface area (Å²) in [4.78, 5) is 8.86. The van der Waals surface area contributed by atoms with Crippen LogP contribution in [0.1, 0.15) is 18.9 Å². The largest absolute Gasteiger partial charge is 0.480 e. The third-order valence-electron chi connectivity index (χ3n) is 3.35. The van der Waals surface area contributed by atoms with Crippen molar-refractivity contribution in [3.63, 3.8) is 0 Å². The summed E-state index contributed by atoms with van der Waals surface area (Å²) in [5.41, 5.74) is 8.47. The predicted octanol–water partition coefficient (Wildman–Crippen LogP) is 3.29. The number of rotatable bonds is 2. The van der Waals surface area contributed by atoms with Crippen molar-refractivity contribution in [2.75, 3.05) is 11.1 Å². The monoisotopic (exact) mass is 282 g/mol. The van der Waals surface area contributed by atoms with Crippen LogP contribution in [-0.4, -0.2) is 16.9 Å². The number of ether oxygens (including phenoxy) is 1. The first kappa shape index (κ1) is 13.4. The maximum atomic E-state index is 5.97. The summed E-state index contributed by atoms with van der Waals surface area (Å²) in [6.45, 7) is 4.08. The third kappa shape index (κ3) is 2.81. The Kier molecular flexibility index (Phi) is 3.48. The highest BCUT2D eigenvalue weighted by Gasteiger charge is 2.24. The lowest BCUT2D eigenvalue weighted by molar-refractivity contribution is 0.259. The number of amidine groups is 1. The number of pyridine rings is 1. The molecule has 0 aliphatic carbocycles. The Morgan fingerprint density at radius 3 is 2.95 bits per heavy atom. The van der Waals surface area contributed by atoms with Gasteiger partial charge in [0.2, 0.25) is 0 Å². The first-order valence-corrected chi connectivity index (χ1v) is 7.00. The van der Waals surface area contributed by atoms with E-state index in [1.807, 2.05) is 37.3 Å². The zero-order valence-corrected chi connectivity index (χ0v) is 12.1. The summed E-state index contributed by atoms with van der Waals surface area (Å²) < 4.78 is 5.97. The molecule has 1 aromatic carbocycles. The maximum Gasteiger partial charge on any atom is 0.156 e. The molecule has 21 heavy (non-hydrogen) atoms. The van der Waals surface area contributed by atoms with Crippen LogP contribution in [-0.2, 0) is 0 Å². The molecule has 5 nitrogen and oxygen atoms in total. The molecule has 0 spiro atoms. The van der Waals surface area contributed by atoms with Crippen LogP contribution in [0.4, 0.5) is 17.2 Å². The smallest absolute Gasteiger partial charge is 0.156 e. The molecule has 5 heteroatoms. The quantitative estimate of drug-likeness (QED) is 0.829. The Hall–Kier alpha value is -2.56. The van der Waals surface area contributed by atoms with Crippen molar-refractivity contribution < 1.29 is 4.74 Å². The van der Waals surface area contributed by atoms with Crippen LogP contribution in [0.3, 0.4) is 0 Å². The molecule has 0 saturated heterocycles. The Balaban J connectivity index is 1.97. The van der Waals surface area contributed by atoms with Crippen LogP contribution in [0, 0.1) is 6.92 Å². The van der Waals surface area contributed by atoms with E-state index in [2.05, 4.69) is 22.2 Å². The van der Waals surface area contributed by atoms with Crippen LogP contribution < -0.4 is 15.8 Å². The Labute approximate surface area is 123 Å². The first-order chi connectivity index (χ1) is 10.2. The molecule has 2 aromatic rings. The van der Waals surface area contributed by atoms with Crippen LogP contribution in [0.2, 0.25) is 0 Å². The number of aryl methyl sites for hydroxylation is 1. The van der Waals surface area contributed by atoms with Crippen LogP contribution in [0.5, 0.6) is 5.75 Å². The molecule has 108 valence electrons. The number of nitrogen functional groups attached to an aromatic ring is 1. The summed E-state index contributed by atoms with van der Waals surface area (Å²) in [7, 11) is 0. The lowest BCUT2D eigenvalue weighted by Crippen LogP contribution is -2.36. The second-order valence-electron chi connectivity index (χ2n) is 5.08. The number of aromatic nitrogens is 1. The van der Waals surface area contributed by atoms with Crippen molar-refractivity contribution in [2.45, 2.75) is 26.4 Å². The Morgan fingerprint density at radius 2 is 2.19 bits per heavy atom. The zero-order valence-electron chi connectivity index (χ0n) is 12.1. The summed E-state index contributed by atoms with van der Waals surface area (Å²) in [5, 5.41) is 3.31. The van der Waals surface area contributed by atoms with E-state index < -0.39 is 0 Å². The van der Waals surface area contributed by atoms with Gasteiger partial charge in [-0.1, -0.05) is 6.92 Å². The summed E-state index contributed by atoms with van der Waals surface area (Å²) >= 11 is 0. The molecule has 1 unspecified atom stereocenters. The van der Waals surface area contributed by atoms with Gasteiger partial charge in [0.25, 0.3) is 0 Å². The van der Waals surface area contributed by atoms with Gasteiger partial charge in [0.15, 0.2) is 11.9 Å². The molecule has 0 bridgehead atoms. The van der Waals surface area contributed by atoms with Gasteiger partial charge in [0, 0.05) is 11.9 Å². The number of aliphatic imine (C=N–C) groups is 1. The second kappa shape index (κ2) is 5.44. The van der Waals surface area contributed by atoms with Gasteiger partial charge < -0.3 is 15.8 Å². The number of hydrogen-bond donors (Lipinski definition) is 2. The van der Waals surface area contributed by atoms with Crippen molar-refractivity contribution >= 4 is 23.0 Å². The Morgan fingerprint density at radius 1 is 1.33 bits per heavy atom. The molecular formula is C16H18N4O. The van der Waals surface area contributed by atoms with Gasteiger partial charge in [-0.05, 0) is 49.2 Å². The number of nitrogens with zero attached hydrogens (tertiary/aromatic N) is 2. The average Bonchev–Trinajstić information content (AvgIpc) is 2.46. The van der Waals surface area contributed by atoms with Gasteiger partial charge in [-0.25, -0.2) is 9.98 Å². The number of nitrogens with two attached hydrogens (primary N) is 1. The normalized spacial score (nSPS) is 18.8. The number of anilines is 2. The SMILES string of the molecule is CCC1Oc2ccc(N)cc2NC1=Nc1cc(C)ccn1. The lowest BCUT2D eigenvalue weighted by Gasteiger charge is -2.28. The Bertz CT molecular complexity index is 696. The van der Waals surface area contributed by atoms with Crippen LogP contribution in [0.15, 0.2) is 41.5 Å². The molecule has 1 atom stereocenters. The van der Waals surface area contributed by atoms with Crippen LogP contribution in [0.25, 0.3) is 0 Å². The highest BCUT2D eigenvalue weighted by atomic mass is 16.5. The van der Waals surface area contributed by atoms with E-state index in [4.69, 9.17) is 10.5 Å². The van der Waals surface area contributed by atoms with E-state index in [-0.39, 0.29) is 6.10 Å². The number of nitrogens with one attached hydrogen (secondary N) is 1. The minimum atomic E-state index is -0.108. The standard InChI is InChI=1S/C16H18N4O/c1-3-13-16(20-15-8-10(2)6-7-18-15)19-12-9-11(17)4-5-14(12)21-13/h4-9,13H,3,17H2,1-2H3,(H,18,19,20). The maximum absolute atomic E-state index is 5.97. The molecule has 1 aromatic heterocycles. The van der Waals surface area contributed by atoms with Crippen molar-refractivity contribution in [3.8, 4) is 5.75 Å². The van der Waals surface area contributed by atoms with E-state index in [0.29, 0.717) is 11.5 Å². The lowest BCUT2D eigenvalue weighted by atomic mass is 10.1. The van der Waals surface area contributed by atoms with Gasteiger partial charge in [-0.15, -0.1) is 0 Å². The molecule has 3 N–H and O–H groups in total. The summed E-state index contributed by atoms with van der Waals surface area (Å²) in [6.07, 6.45) is 2.47. The van der Waals surface area contributed by atoms with E-state index in [1.165, 1.54) is 0 Å². The fourth-order valence-corrected chi connectivity index (χ4v) is 2.26. The number of fused-ring (bicyclic) bond motifs is 1. The summed E-state index contributed by atoms with van der Waals surface area (Å²) in [6, 6.07) is 9.44. The van der Waals surface area contributed by atoms with Crippen LogP contribution >= 0.6 is 0 Å². The second-order valence-corrected chi connectivity index (χ2v) is 5.08. The first-order valence-electron chi connectivity index (χ1n) is 7.00. The van der Waals surface area contributed by atoms with Crippen molar-refractivity contribution in [1.29, 1.82) is 0 Å². The van der Waals surface area contributed by atoms with Gasteiger partial charge in [0.05, 0.1) is 5.69 Å². The molecule has 0 saturated carbocycles. The topological polar surface area (TPSA) is 72.5 Å². The van der Waals surface area contributed by atoms with Crippen molar-refractivity contribution in [1.82, 2.24) is 4.98 Å². The van der Waals surface area contributed by atoms with Gasteiger partial charge in [0.1, 0.15) is 11.6 Å². The molecule has 0 radical (unpaired) electrons. The fraction of sp³-hybridized carbons (Fsp3) is 0.250. The number of hydrogen-bond acceptors (Lipinski definition) is 4. The van der Waals surface area contributed by atoms with Gasteiger partial charge >= 0.3 is 0 Å².